The van der Waals surface area contributed by atoms with Crippen LogP contribution in [-0.4, -0.2) is 82.4 Å². The number of thiophene rings is 1. The Morgan fingerprint density at radius 1 is 1.28 bits per heavy atom. The van der Waals surface area contributed by atoms with E-state index in [1.807, 2.05) is 4.90 Å². The van der Waals surface area contributed by atoms with E-state index in [9.17, 15) is 13.6 Å². The molecule has 2 aromatic carbocycles. The predicted molar refractivity (Wildman–Crippen MR) is 171 cm³/mol. The minimum Gasteiger partial charge on any atom is -0.469 e. The number of rotatable bonds is 7. The maximum absolute atomic E-state index is 16.8. The second-order valence-corrected chi connectivity index (χ2v) is 13.4. The molecule has 9 nitrogen and oxygen atoms in total. The topological polar surface area (TPSA) is 98.2 Å². The van der Waals surface area contributed by atoms with Crippen LogP contribution in [-0.2, 0) is 4.79 Å². The summed E-state index contributed by atoms with van der Waals surface area (Å²) in [4.78, 5) is 27.6. The van der Waals surface area contributed by atoms with Gasteiger partial charge < -0.3 is 20.1 Å². The molecule has 3 aliphatic heterocycles. The quantitative estimate of drug-likeness (QED) is 0.132. The van der Waals surface area contributed by atoms with Crippen LogP contribution in [0.25, 0.3) is 37.0 Å². The normalized spacial score (nSPS) is 24.2. The fourth-order valence-corrected chi connectivity index (χ4v) is 8.22. The van der Waals surface area contributed by atoms with E-state index in [1.54, 1.807) is 0 Å². The zero-order chi connectivity index (χ0) is 33.2. The third-order valence-electron chi connectivity index (χ3n) is 9.18. The second-order valence-electron chi connectivity index (χ2n) is 12.0. The van der Waals surface area contributed by atoms with Gasteiger partial charge in [0.1, 0.15) is 24.1 Å². The number of aromatic nitrogens is 2. The lowest BCUT2D eigenvalue weighted by Gasteiger charge is -2.30. The number of nitrogens with two attached hydrogens (primary N) is 1. The number of nitrogen functional groups attached to an aromatic ring is 1. The Labute approximate surface area is 275 Å². The van der Waals surface area contributed by atoms with Crippen molar-refractivity contribution in [2.24, 2.45) is 0 Å². The zero-order valence-corrected chi connectivity index (χ0v) is 26.3. The average molecular weight is 687 g/mol. The first-order chi connectivity index (χ1) is 22.5. The maximum Gasteiger partial charge on any atom is 0.320 e. The summed E-state index contributed by atoms with van der Waals surface area (Å²) < 4.78 is 73.2. The number of likely N-dealkylation sites (tertiary alicyclic amines) is 1. The van der Waals surface area contributed by atoms with Gasteiger partial charge in [0.15, 0.2) is 18.1 Å². The first kappa shape index (κ1) is 31.4. The molecule has 7 rings (SSSR count). The average Bonchev–Trinajstić information content (AvgIpc) is 3.78. The molecule has 3 aliphatic rings. The molecule has 2 N–H and O–H groups in total. The van der Waals surface area contributed by atoms with Crippen LogP contribution in [0.1, 0.15) is 19.3 Å². The van der Waals surface area contributed by atoms with Crippen LogP contribution in [0.4, 0.5) is 28.3 Å². The highest BCUT2D eigenvalue weighted by Crippen LogP contribution is 2.49. The van der Waals surface area contributed by atoms with Crippen molar-refractivity contribution >= 4 is 60.5 Å². The molecule has 15 heteroatoms. The zero-order valence-electron chi connectivity index (χ0n) is 24.7. The monoisotopic (exact) mass is 686 g/mol. The Hall–Kier alpha value is -4.19. The van der Waals surface area contributed by atoms with E-state index >= 15 is 8.78 Å². The number of alkyl halides is 2. The smallest absolute Gasteiger partial charge is 0.320 e. The highest BCUT2D eigenvalue weighted by Gasteiger charge is 2.49. The van der Waals surface area contributed by atoms with Gasteiger partial charge in [0.05, 0.1) is 45.3 Å². The van der Waals surface area contributed by atoms with Gasteiger partial charge in [-0.2, -0.15) is 9.97 Å². The molecule has 1 amide bonds. The summed E-state index contributed by atoms with van der Waals surface area (Å²) in [5, 5.41) is 0.0165. The van der Waals surface area contributed by atoms with Gasteiger partial charge >= 0.3 is 6.01 Å². The summed E-state index contributed by atoms with van der Waals surface area (Å²) in [5.74, 6) is -2.30. The number of halogens is 5. The van der Waals surface area contributed by atoms with E-state index < -0.39 is 41.5 Å². The molecular formula is C32H27ClF4N6O3S. The standard InChI is InChI=1S/C32H27ClF4N6O3S/c1-3-22(44)42-12-20(36)21(13-42)46-30-17-9-18(33)23(16-5-6-19(35)28-24(16)27(39-2)29(38)47-28)25(37)26(17)40-31(41-30)45-14-32-7-4-8-43(32)11-15(34)10-32/h3,5-6,9,15,20-21H,1,4,7-8,10-14,38H2. The van der Waals surface area contributed by atoms with E-state index in [1.165, 1.54) is 17.0 Å². The van der Waals surface area contributed by atoms with Gasteiger partial charge in [-0.1, -0.05) is 24.2 Å². The summed E-state index contributed by atoms with van der Waals surface area (Å²) in [7, 11) is 0. The molecule has 0 aliphatic carbocycles. The van der Waals surface area contributed by atoms with Gasteiger partial charge in [-0.25, -0.2) is 22.4 Å². The maximum atomic E-state index is 16.8. The Morgan fingerprint density at radius 3 is 2.85 bits per heavy atom. The highest BCUT2D eigenvalue weighted by molar-refractivity contribution is 7.23. The number of carbonyl (C=O) groups is 1. The van der Waals surface area contributed by atoms with Crippen molar-refractivity contribution in [3.63, 3.8) is 0 Å². The van der Waals surface area contributed by atoms with Crippen LogP contribution in [0.15, 0.2) is 30.9 Å². The van der Waals surface area contributed by atoms with Crippen LogP contribution >= 0.6 is 22.9 Å². The number of hydrogen-bond donors (Lipinski definition) is 1. The second kappa shape index (κ2) is 11.8. The third-order valence-corrected chi connectivity index (χ3v) is 10.5. The first-order valence-electron chi connectivity index (χ1n) is 14.9. The fraction of sp³-hybridized carbons (Fsp3) is 0.375. The lowest BCUT2D eigenvalue weighted by atomic mass is 9.95. The molecule has 4 unspecified atom stereocenters. The summed E-state index contributed by atoms with van der Waals surface area (Å²) in [6, 6.07) is 3.49. The van der Waals surface area contributed by atoms with Crippen molar-refractivity contribution in [1.82, 2.24) is 19.8 Å². The molecule has 0 bridgehead atoms. The van der Waals surface area contributed by atoms with E-state index in [4.69, 9.17) is 33.4 Å². The number of nitrogens with zero attached hydrogens (tertiary/aromatic N) is 5. The van der Waals surface area contributed by atoms with Gasteiger partial charge in [0.2, 0.25) is 17.5 Å². The lowest BCUT2D eigenvalue weighted by molar-refractivity contribution is -0.125. The molecular weight excluding hydrogens is 660 g/mol. The van der Waals surface area contributed by atoms with Gasteiger partial charge in [-0.15, -0.1) is 11.3 Å². The molecule has 3 fully saturated rings. The van der Waals surface area contributed by atoms with Crippen LogP contribution in [0, 0.1) is 18.2 Å². The number of benzene rings is 2. The van der Waals surface area contributed by atoms with Crippen molar-refractivity contribution in [2.75, 3.05) is 38.5 Å². The molecule has 244 valence electrons. The van der Waals surface area contributed by atoms with Crippen molar-refractivity contribution < 1.29 is 31.8 Å². The Bertz CT molecular complexity index is 2010. The number of anilines is 1. The molecule has 3 saturated heterocycles. The van der Waals surface area contributed by atoms with E-state index in [-0.39, 0.29) is 92.4 Å². The van der Waals surface area contributed by atoms with Crippen molar-refractivity contribution in [3.05, 3.63) is 58.9 Å². The molecule has 0 spiro atoms. The molecule has 0 saturated carbocycles. The van der Waals surface area contributed by atoms with Crippen LogP contribution in [0.2, 0.25) is 5.02 Å². The van der Waals surface area contributed by atoms with E-state index in [0.717, 1.165) is 36.4 Å². The Morgan fingerprint density at radius 2 is 2.09 bits per heavy atom. The fourth-order valence-electron chi connectivity index (χ4n) is 6.99. The number of carbonyl (C=O) groups excluding carboxylic acids is 1. The lowest BCUT2D eigenvalue weighted by Crippen LogP contribution is -2.43. The SMILES string of the molecule is [C-]#[N+]c1c(N)sc2c(F)ccc(-c3c(Cl)cc4c(OC5CN(C(=O)C=C)CC5F)nc(OCC56CCCN5CC(F)C6)nc4c3F)c12. The van der Waals surface area contributed by atoms with Gasteiger partial charge in [-0.3, -0.25) is 9.69 Å². The van der Waals surface area contributed by atoms with Crippen LogP contribution < -0.4 is 15.2 Å². The predicted octanol–water partition coefficient (Wildman–Crippen LogP) is 6.64. The minimum absolute atomic E-state index is 0.0109. The molecule has 5 heterocycles. The van der Waals surface area contributed by atoms with Crippen molar-refractivity contribution in [3.8, 4) is 23.0 Å². The van der Waals surface area contributed by atoms with E-state index in [0.29, 0.717) is 6.42 Å². The first-order valence-corrected chi connectivity index (χ1v) is 16.0. The Kier molecular flexibility index (Phi) is 7.89. The summed E-state index contributed by atoms with van der Waals surface area (Å²) in [6.07, 6.45) is -0.866. The van der Waals surface area contributed by atoms with Gasteiger partial charge in [0.25, 0.3) is 0 Å². The van der Waals surface area contributed by atoms with Crippen molar-refractivity contribution in [1.29, 1.82) is 0 Å². The number of hydrogen-bond acceptors (Lipinski definition) is 8. The van der Waals surface area contributed by atoms with Crippen LogP contribution in [0.5, 0.6) is 11.9 Å². The molecule has 4 aromatic rings. The minimum atomic E-state index is -1.60. The van der Waals surface area contributed by atoms with Gasteiger partial charge in [-0.05, 0) is 43.2 Å². The number of amides is 1. The summed E-state index contributed by atoms with van der Waals surface area (Å²) in [5.41, 5.74) is 5.05. The highest BCUT2D eigenvalue weighted by atomic mass is 35.5. The largest absolute Gasteiger partial charge is 0.469 e. The van der Waals surface area contributed by atoms with E-state index in [2.05, 4.69) is 21.4 Å². The molecule has 2 aromatic heterocycles. The molecule has 4 atom stereocenters. The Balaban J connectivity index is 1.36. The summed E-state index contributed by atoms with van der Waals surface area (Å²) in [6.45, 7) is 11.7. The summed E-state index contributed by atoms with van der Waals surface area (Å²) >= 11 is 7.55. The van der Waals surface area contributed by atoms with Crippen molar-refractivity contribution in [2.45, 2.75) is 43.2 Å². The molecule has 0 radical (unpaired) electrons. The number of fused-ring (bicyclic) bond motifs is 3. The van der Waals surface area contributed by atoms with Crippen LogP contribution in [0.3, 0.4) is 0 Å². The van der Waals surface area contributed by atoms with Gasteiger partial charge in [0, 0.05) is 23.9 Å². The molecule has 47 heavy (non-hydrogen) atoms. The third kappa shape index (κ3) is 5.21. The number of ether oxygens (including phenoxy) is 2.